The van der Waals surface area contributed by atoms with E-state index in [1.807, 2.05) is 36.4 Å². The van der Waals surface area contributed by atoms with Gasteiger partial charge in [-0.15, -0.1) is 0 Å². The molecule has 0 fully saturated rings. The van der Waals surface area contributed by atoms with E-state index in [0.29, 0.717) is 17.2 Å². The van der Waals surface area contributed by atoms with Crippen LogP contribution in [0.4, 0.5) is 5.13 Å². The van der Waals surface area contributed by atoms with Crippen LogP contribution in [0.5, 0.6) is 0 Å². The van der Waals surface area contributed by atoms with Crippen LogP contribution in [0, 0.1) is 0 Å². The first-order valence-corrected chi connectivity index (χ1v) is 12.7. The number of fused-ring (bicyclic) bond motifs is 1. The SMILES string of the molecule is CCN(CC)CCN(C(=O)Cc1ccccc1)c1nc2c(S(C)(=O)=O)cccc2s1. The number of carbonyl (C=O) groups is 1. The van der Waals surface area contributed by atoms with Crippen LogP contribution in [0.2, 0.25) is 0 Å². The first kappa shape index (κ1) is 22.4. The highest BCUT2D eigenvalue weighted by Gasteiger charge is 2.23. The summed E-state index contributed by atoms with van der Waals surface area (Å²) in [6.45, 7) is 7.21. The van der Waals surface area contributed by atoms with E-state index in [-0.39, 0.29) is 17.2 Å². The lowest BCUT2D eigenvalue weighted by Gasteiger charge is -2.24. The summed E-state index contributed by atoms with van der Waals surface area (Å²) in [7, 11) is -3.41. The van der Waals surface area contributed by atoms with Crippen molar-refractivity contribution in [3.05, 3.63) is 54.1 Å². The molecule has 0 atom stereocenters. The Morgan fingerprint density at radius 1 is 1.00 bits per heavy atom. The molecule has 0 bridgehead atoms. The number of likely N-dealkylation sites (N-methyl/N-ethyl adjacent to an activating group) is 1. The monoisotopic (exact) mass is 445 g/mol. The van der Waals surface area contributed by atoms with E-state index in [1.54, 1.807) is 17.0 Å². The predicted octanol–water partition coefficient (Wildman–Crippen LogP) is 3.62. The number of rotatable bonds is 9. The molecule has 0 aliphatic rings. The highest BCUT2D eigenvalue weighted by Crippen LogP contribution is 2.33. The summed E-state index contributed by atoms with van der Waals surface area (Å²) in [6, 6.07) is 14.7. The molecule has 0 aliphatic heterocycles. The number of sulfone groups is 1. The minimum absolute atomic E-state index is 0.0479. The van der Waals surface area contributed by atoms with Gasteiger partial charge >= 0.3 is 0 Å². The van der Waals surface area contributed by atoms with Gasteiger partial charge in [-0.25, -0.2) is 13.4 Å². The Labute approximate surface area is 182 Å². The number of para-hydroxylation sites is 1. The summed E-state index contributed by atoms with van der Waals surface area (Å²) in [6.07, 6.45) is 1.45. The van der Waals surface area contributed by atoms with E-state index in [9.17, 15) is 13.2 Å². The van der Waals surface area contributed by atoms with Gasteiger partial charge in [0, 0.05) is 19.3 Å². The minimum atomic E-state index is -3.41. The topological polar surface area (TPSA) is 70.6 Å². The van der Waals surface area contributed by atoms with Gasteiger partial charge in [-0.1, -0.05) is 61.6 Å². The van der Waals surface area contributed by atoms with E-state index >= 15 is 0 Å². The molecule has 30 heavy (non-hydrogen) atoms. The van der Waals surface area contributed by atoms with Crippen LogP contribution in [0.25, 0.3) is 10.2 Å². The molecule has 0 spiro atoms. The van der Waals surface area contributed by atoms with Crippen molar-refractivity contribution in [1.82, 2.24) is 9.88 Å². The number of hydrogen-bond donors (Lipinski definition) is 0. The third-order valence-corrected chi connectivity index (χ3v) is 7.21. The third kappa shape index (κ3) is 5.24. The first-order chi connectivity index (χ1) is 14.3. The smallest absolute Gasteiger partial charge is 0.233 e. The number of benzene rings is 2. The van der Waals surface area contributed by atoms with E-state index < -0.39 is 9.84 Å². The molecule has 1 heterocycles. The second-order valence-electron chi connectivity index (χ2n) is 7.11. The van der Waals surface area contributed by atoms with Gasteiger partial charge in [-0.2, -0.15) is 0 Å². The van der Waals surface area contributed by atoms with Crippen LogP contribution >= 0.6 is 11.3 Å². The molecular formula is C22H27N3O3S2. The number of anilines is 1. The molecule has 1 amide bonds. The van der Waals surface area contributed by atoms with Crippen LogP contribution in [-0.2, 0) is 21.1 Å². The Bertz CT molecular complexity index is 1110. The first-order valence-electron chi connectivity index (χ1n) is 9.99. The summed E-state index contributed by atoms with van der Waals surface area (Å²) in [5, 5.41) is 0.536. The zero-order chi connectivity index (χ0) is 21.7. The van der Waals surface area contributed by atoms with Crippen molar-refractivity contribution in [2.24, 2.45) is 0 Å². The van der Waals surface area contributed by atoms with Gasteiger partial charge in [0.1, 0.15) is 5.52 Å². The van der Waals surface area contributed by atoms with Crippen molar-refractivity contribution in [3.63, 3.8) is 0 Å². The van der Waals surface area contributed by atoms with Crippen molar-refractivity contribution >= 4 is 42.4 Å². The highest BCUT2D eigenvalue weighted by atomic mass is 32.2. The molecule has 0 saturated heterocycles. The van der Waals surface area contributed by atoms with Crippen LogP contribution in [0.3, 0.4) is 0 Å². The maximum absolute atomic E-state index is 13.2. The van der Waals surface area contributed by atoms with Gasteiger partial charge in [0.05, 0.1) is 16.0 Å². The molecule has 1 aromatic heterocycles. The van der Waals surface area contributed by atoms with Gasteiger partial charge < -0.3 is 4.90 Å². The largest absolute Gasteiger partial charge is 0.302 e. The molecule has 0 N–H and O–H groups in total. The van der Waals surface area contributed by atoms with Crippen LogP contribution in [-0.4, -0.2) is 56.6 Å². The molecular weight excluding hydrogens is 418 g/mol. The number of amides is 1. The molecule has 8 heteroatoms. The van der Waals surface area contributed by atoms with Gasteiger partial charge in [0.25, 0.3) is 0 Å². The number of thiazole rings is 1. The Morgan fingerprint density at radius 3 is 2.33 bits per heavy atom. The van der Waals surface area contributed by atoms with Crippen LogP contribution in [0.15, 0.2) is 53.4 Å². The Balaban J connectivity index is 1.97. The molecule has 0 aliphatic carbocycles. The zero-order valence-electron chi connectivity index (χ0n) is 17.5. The third-order valence-electron chi connectivity index (χ3n) is 5.03. The summed E-state index contributed by atoms with van der Waals surface area (Å²) < 4.78 is 25.1. The molecule has 0 unspecified atom stereocenters. The molecule has 0 saturated carbocycles. The summed E-state index contributed by atoms with van der Waals surface area (Å²) in [5.74, 6) is -0.0479. The van der Waals surface area contributed by atoms with Gasteiger partial charge in [-0.05, 0) is 30.8 Å². The fourth-order valence-corrected chi connectivity index (χ4v) is 5.23. The standard InChI is InChI=1S/C22H27N3O3S2/c1-4-24(5-2)14-15-25(20(26)16-17-10-7-6-8-11-17)22-23-21-18(29-22)12-9-13-19(21)30(3,27)28/h6-13H,4-5,14-16H2,1-3H3. The molecule has 0 radical (unpaired) electrons. The van der Waals surface area contributed by atoms with Crippen molar-refractivity contribution in [2.45, 2.75) is 25.2 Å². The normalized spacial score (nSPS) is 11.9. The lowest BCUT2D eigenvalue weighted by molar-refractivity contribution is -0.118. The average Bonchev–Trinajstić information content (AvgIpc) is 3.14. The van der Waals surface area contributed by atoms with Crippen molar-refractivity contribution < 1.29 is 13.2 Å². The van der Waals surface area contributed by atoms with Crippen molar-refractivity contribution in [3.8, 4) is 0 Å². The maximum atomic E-state index is 13.2. The van der Waals surface area contributed by atoms with E-state index in [0.717, 1.165) is 29.9 Å². The van der Waals surface area contributed by atoms with Crippen LogP contribution < -0.4 is 4.90 Å². The van der Waals surface area contributed by atoms with Crippen molar-refractivity contribution in [2.75, 3.05) is 37.3 Å². The summed E-state index contributed by atoms with van der Waals surface area (Å²) >= 11 is 1.35. The Morgan fingerprint density at radius 2 is 1.70 bits per heavy atom. The second kappa shape index (κ2) is 9.68. The minimum Gasteiger partial charge on any atom is -0.302 e. The molecule has 160 valence electrons. The maximum Gasteiger partial charge on any atom is 0.233 e. The fraction of sp³-hybridized carbons (Fsp3) is 0.364. The second-order valence-corrected chi connectivity index (χ2v) is 10.1. The Kier molecular flexibility index (Phi) is 7.23. The van der Waals surface area contributed by atoms with E-state index in [2.05, 4.69) is 23.7 Å². The van der Waals surface area contributed by atoms with Gasteiger partial charge in [-0.3, -0.25) is 9.69 Å². The number of hydrogen-bond acceptors (Lipinski definition) is 6. The molecule has 2 aromatic carbocycles. The zero-order valence-corrected chi connectivity index (χ0v) is 19.2. The van der Waals surface area contributed by atoms with Gasteiger partial charge in [0.2, 0.25) is 5.91 Å². The number of carbonyl (C=O) groups excluding carboxylic acids is 1. The Hall–Kier alpha value is -2.29. The predicted molar refractivity (Wildman–Crippen MR) is 123 cm³/mol. The fourth-order valence-electron chi connectivity index (χ4n) is 3.30. The summed E-state index contributed by atoms with van der Waals surface area (Å²) in [5.41, 5.74) is 1.37. The van der Waals surface area contributed by atoms with Gasteiger partial charge in [0.15, 0.2) is 15.0 Å². The van der Waals surface area contributed by atoms with E-state index in [4.69, 9.17) is 0 Å². The highest BCUT2D eigenvalue weighted by molar-refractivity contribution is 7.91. The molecule has 3 rings (SSSR count). The lowest BCUT2D eigenvalue weighted by Crippen LogP contribution is -2.39. The number of aromatic nitrogens is 1. The van der Waals surface area contributed by atoms with Crippen molar-refractivity contribution in [1.29, 1.82) is 0 Å². The average molecular weight is 446 g/mol. The quantitative estimate of drug-likeness (QED) is 0.503. The molecule has 3 aromatic rings. The lowest BCUT2D eigenvalue weighted by atomic mass is 10.1. The summed E-state index contributed by atoms with van der Waals surface area (Å²) in [4.78, 5) is 22.0. The van der Waals surface area contributed by atoms with E-state index in [1.165, 1.54) is 17.6 Å². The van der Waals surface area contributed by atoms with Crippen LogP contribution in [0.1, 0.15) is 19.4 Å². The number of nitrogens with zero attached hydrogens (tertiary/aromatic N) is 3. The molecule has 6 nitrogen and oxygen atoms in total.